The molecule has 4 rings (SSSR count). The predicted molar refractivity (Wildman–Crippen MR) is 109 cm³/mol. The van der Waals surface area contributed by atoms with Crippen LogP contribution < -0.4 is 0 Å². The first kappa shape index (κ1) is 20.3. The highest BCUT2D eigenvalue weighted by Gasteiger charge is 2.50. The minimum Gasteiger partial charge on any atom is -0.339 e. The Labute approximate surface area is 164 Å². The average molecular weight is 376 g/mol. The molecule has 1 atom stereocenters. The highest BCUT2D eigenvalue weighted by Crippen LogP contribution is 2.51. The predicted octanol–water partition coefficient (Wildman–Crippen LogP) is 4.01. The number of aliphatic imine (C=N–C) groups is 1. The van der Waals surface area contributed by atoms with Gasteiger partial charge in [-0.2, -0.15) is 0 Å². The van der Waals surface area contributed by atoms with E-state index < -0.39 is 5.54 Å². The third-order valence-corrected chi connectivity index (χ3v) is 7.11. The Morgan fingerprint density at radius 1 is 1.19 bits per heavy atom. The van der Waals surface area contributed by atoms with Crippen molar-refractivity contribution in [3.63, 3.8) is 0 Å². The van der Waals surface area contributed by atoms with E-state index in [1.807, 2.05) is 18.9 Å². The zero-order valence-corrected chi connectivity index (χ0v) is 17.7. The third-order valence-electron chi connectivity index (χ3n) is 7.11. The van der Waals surface area contributed by atoms with E-state index >= 15 is 0 Å². The molecule has 0 spiro atoms. The van der Waals surface area contributed by atoms with Gasteiger partial charge in [0.25, 0.3) is 5.91 Å². The molecule has 2 amide bonds. The van der Waals surface area contributed by atoms with Crippen molar-refractivity contribution in [3.8, 4) is 0 Å². The summed E-state index contributed by atoms with van der Waals surface area (Å²) in [5.41, 5.74) is -0.992. The Morgan fingerprint density at radius 2 is 1.81 bits per heavy atom. The second-order valence-corrected chi connectivity index (χ2v) is 9.26. The molecule has 5 heteroatoms. The standard InChI is InChI=1S/C22H37N3O2/c1-5-7-8-18-23-21(3,19(26)24(18)4)16-25(15-6-2)20(27)22-12-9-17(10-13-22)11-14-22/h17H,5-16H2,1-4H3. The van der Waals surface area contributed by atoms with Gasteiger partial charge in [-0.05, 0) is 64.2 Å². The fourth-order valence-corrected chi connectivity index (χ4v) is 5.35. The highest BCUT2D eigenvalue weighted by molar-refractivity contribution is 6.08. The molecule has 3 fully saturated rings. The monoisotopic (exact) mass is 375 g/mol. The summed E-state index contributed by atoms with van der Waals surface area (Å²) in [6.07, 6.45) is 10.6. The van der Waals surface area contributed by atoms with Crippen LogP contribution in [0, 0.1) is 11.3 Å². The maximum atomic E-state index is 13.6. The molecule has 0 aromatic heterocycles. The summed E-state index contributed by atoms with van der Waals surface area (Å²) >= 11 is 0. The third kappa shape index (κ3) is 3.79. The number of likely N-dealkylation sites (N-methyl/N-ethyl adjacent to an activating group) is 1. The average Bonchev–Trinajstić information content (AvgIpc) is 2.90. The molecular weight excluding hydrogens is 338 g/mol. The summed E-state index contributed by atoms with van der Waals surface area (Å²) < 4.78 is 0. The second kappa shape index (κ2) is 7.92. The lowest BCUT2D eigenvalue weighted by Crippen LogP contribution is -2.54. The molecule has 0 aromatic carbocycles. The van der Waals surface area contributed by atoms with Crippen LogP contribution >= 0.6 is 0 Å². The van der Waals surface area contributed by atoms with Gasteiger partial charge in [0.15, 0.2) is 5.54 Å². The smallest absolute Gasteiger partial charge is 0.257 e. The first-order valence-electron chi connectivity index (χ1n) is 11.0. The lowest BCUT2D eigenvalue weighted by molar-refractivity contribution is -0.150. The number of carbonyl (C=O) groups is 2. The summed E-state index contributed by atoms with van der Waals surface area (Å²) in [5, 5.41) is 0. The molecule has 0 N–H and O–H groups in total. The van der Waals surface area contributed by atoms with Crippen LogP contribution in [0.4, 0.5) is 0 Å². The van der Waals surface area contributed by atoms with Gasteiger partial charge in [0.2, 0.25) is 5.91 Å². The van der Waals surface area contributed by atoms with E-state index in [0.29, 0.717) is 6.54 Å². The number of amidine groups is 1. The van der Waals surface area contributed by atoms with Gasteiger partial charge < -0.3 is 9.80 Å². The van der Waals surface area contributed by atoms with E-state index in [9.17, 15) is 9.59 Å². The number of unbranched alkanes of at least 4 members (excludes halogenated alkanes) is 1. The molecule has 1 unspecified atom stereocenters. The van der Waals surface area contributed by atoms with Crippen LogP contribution in [0.1, 0.15) is 85.0 Å². The number of amides is 2. The Kier molecular flexibility index (Phi) is 5.97. The SMILES string of the molecule is CCCCC1=NC(C)(CN(CCC)C(=O)C23CCC(CC2)CC3)C(=O)N1C. The molecule has 1 aliphatic heterocycles. The molecule has 1 heterocycles. The van der Waals surface area contributed by atoms with E-state index in [1.165, 1.54) is 19.3 Å². The molecule has 27 heavy (non-hydrogen) atoms. The normalized spacial score (nSPS) is 32.7. The molecule has 4 aliphatic rings. The second-order valence-electron chi connectivity index (χ2n) is 9.26. The molecule has 0 saturated heterocycles. The van der Waals surface area contributed by atoms with Crippen LogP contribution in [0.3, 0.4) is 0 Å². The zero-order chi connectivity index (χ0) is 19.7. The lowest BCUT2D eigenvalue weighted by Gasteiger charge is -2.47. The summed E-state index contributed by atoms with van der Waals surface area (Å²) in [6.45, 7) is 7.31. The van der Waals surface area contributed by atoms with Crippen molar-refractivity contribution >= 4 is 17.6 Å². The molecule has 0 radical (unpaired) electrons. The Morgan fingerprint density at radius 3 is 2.37 bits per heavy atom. The van der Waals surface area contributed by atoms with Crippen LogP contribution in [0.2, 0.25) is 0 Å². The van der Waals surface area contributed by atoms with Gasteiger partial charge in [-0.3, -0.25) is 14.6 Å². The lowest BCUT2D eigenvalue weighted by atomic mass is 9.60. The highest BCUT2D eigenvalue weighted by atomic mass is 16.2. The number of hydrogen-bond donors (Lipinski definition) is 0. The van der Waals surface area contributed by atoms with E-state index in [1.54, 1.807) is 4.90 Å². The van der Waals surface area contributed by atoms with Crippen LogP contribution in [0.25, 0.3) is 0 Å². The molecule has 152 valence electrons. The molecule has 5 nitrogen and oxygen atoms in total. The fourth-order valence-electron chi connectivity index (χ4n) is 5.35. The van der Waals surface area contributed by atoms with Crippen molar-refractivity contribution < 1.29 is 9.59 Å². The summed E-state index contributed by atoms with van der Waals surface area (Å²) in [7, 11) is 1.83. The first-order chi connectivity index (χ1) is 12.8. The first-order valence-corrected chi connectivity index (χ1v) is 11.0. The van der Waals surface area contributed by atoms with Gasteiger partial charge in [0.05, 0.1) is 6.54 Å². The van der Waals surface area contributed by atoms with Crippen LogP contribution in [-0.4, -0.2) is 53.1 Å². The molecular formula is C22H37N3O2. The summed E-state index contributed by atoms with van der Waals surface area (Å²) in [6, 6.07) is 0. The number of hydrogen-bond acceptors (Lipinski definition) is 3. The number of rotatable bonds is 8. The maximum absolute atomic E-state index is 13.6. The van der Waals surface area contributed by atoms with Gasteiger partial charge in [0, 0.05) is 25.4 Å². The van der Waals surface area contributed by atoms with Gasteiger partial charge in [-0.25, -0.2) is 0 Å². The van der Waals surface area contributed by atoms with E-state index in [0.717, 1.165) is 63.2 Å². The van der Waals surface area contributed by atoms with E-state index in [2.05, 4.69) is 13.8 Å². The van der Waals surface area contributed by atoms with Crippen molar-refractivity contribution in [2.45, 2.75) is 90.5 Å². The largest absolute Gasteiger partial charge is 0.339 e. The van der Waals surface area contributed by atoms with E-state index in [-0.39, 0.29) is 17.2 Å². The quantitative estimate of drug-likeness (QED) is 0.643. The minimum atomic E-state index is -0.828. The molecule has 3 saturated carbocycles. The molecule has 0 aromatic rings. The van der Waals surface area contributed by atoms with Crippen LogP contribution in [-0.2, 0) is 9.59 Å². The van der Waals surface area contributed by atoms with Crippen molar-refractivity contribution in [2.75, 3.05) is 20.1 Å². The number of carbonyl (C=O) groups excluding carboxylic acids is 2. The topological polar surface area (TPSA) is 53.0 Å². The maximum Gasteiger partial charge on any atom is 0.257 e. The fraction of sp³-hybridized carbons (Fsp3) is 0.864. The molecule has 2 bridgehead atoms. The van der Waals surface area contributed by atoms with E-state index in [4.69, 9.17) is 4.99 Å². The van der Waals surface area contributed by atoms with Crippen LogP contribution in [0.5, 0.6) is 0 Å². The Balaban J connectivity index is 1.78. The van der Waals surface area contributed by atoms with Crippen molar-refractivity contribution in [1.82, 2.24) is 9.80 Å². The van der Waals surface area contributed by atoms with Crippen molar-refractivity contribution in [2.24, 2.45) is 16.3 Å². The van der Waals surface area contributed by atoms with Crippen molar-refractivity contribution in [3.05, 3.63) is 0 Å². The summed E-state index contributed by atoms with van der Waals surface area (Å²) in [4.78, 5) is 35.1. The minimum absolute atomic E-state index is 0.0346. The van der Waals surface area contributed by atoms with Gasteiger partial charge >= 0.3 is 0 Å². The van der Waals surface area contributed by atoms with Gasteiger partial charge in [0.1, 0.15) is 5.84 Å². The Bertz CT molecular complexity index is 593. The van der Waals surface area contributed by atoms with Crippen molar-refractivity contribution in [1.29, 1.82) is 0 Å². The molecule has 3 aliphatic carbocycles. The summed E-state index contributed by atoms with van der Waals surface area (Å²) in [5.74, 6) is 2.04. The van der Waals surface area contributed by atoms with Gasteiger partial charge in [-0.15, -0.1) is 0 Å². The Hall–Kier alpha value is -1.39. The van der Waals surface area contributed by atoms with Gasteiger partial charge in [-0.1, -0.05) is 20.3 Å². The zero-order valence-electron chi connectivity index (χ0n) is 17.7. The number of fused-ring (bicyclic) bond motifs is 3. The number of nitrogens with zero attached hydrogens (tertiary/aromatic N) is 3. The van der Waals surface area contributed by atoms with Crippen LogP contribution in [0.15, 0.2) is 4.99 Å².